The summed E-state index contributed by atoms with van der Waals surface area (Å²) in [6, 6.07) is 8.89. The van der Waals surface area contributed by atoms with Gasteiger partial charge in [0.25, 0.3) is 0 Å². The Bertz CT molecular complexity index is 512. The highest BCUT2D eigenvalue weighted by Crippen LogP contribution is 2.28. The van der Waals surface area contributed by atoms with Gasteiger partial charge in [-0.3, -0.25) is 4.90 Å². The molecule has 1 aliphatic heterocycles. The standard InChI is InChI=1S/C14H18N2S/c15-9-11-3-4-14-12(7-11)8-13(17-14)10-16-5-1-2-6-16/h3-4,7-8H,1-2,5-6,9-10,15H2. The SMILES string of the molecule is NCc1ccc2sc(CN3CCCC3)cc2c1. The Balaban J connectivity index is 1.85. The second-order valence-corrected chi connectivity index (χ2v) is 5.94. The van der Waals surface area contributed by atoms with Crippen LogP contribution in [-0.2, 0) is 13.1 Å². The first kappa shape index (κ1) is 11.2. The van der Waals surface area contributed by atoms with Gasteiger partial charge in [0.1, 0.15) is 0 Å². The van der Waals surface area contributed by atoms with Crippen LogP contribution in [0.1, 0.15) is 23.3 Å². The molecule has 1 fully saturated rings. The fourth-order valence-corrected chi connectivity index (χ4v) is 3.60. The van der Waals surface area contributed by atoms with Gasteiger partial charge >= 0.3 is 0 Å². The van der Waals surface area contributed by atoms with Crippen LogP contribution in [0.3, 0.4) is 0 Å². The molecule has 1 aromatic heterocycles. The molecule has 1 saturated heterocycles. The number of thiophene rings is 1. The number of nitrogens with zero attached hydrogens (tertiary/aromatic N) is 1. The van der Waals surface area contributed by atoms with E-state index in [1.807, 2.05) is 11.3 Å². The predicted molar refractivity (Wildman–Crippen MR) is 74.2 cm³/mol. The first-order valence-corrected chi connectivity index (χ1v) is 7.10. The third-order valence-electron chi connectivity index (χ3n) is 3.45. The molecule has 1 aromatic carbocycles. The van der Waals surface area contributed by atoms with Gasteiger partial charge in [-0.25, -0.2) is 0 Å². The predicted octanol–water partition coefficient (Wildman–Crippen LogP) is 2.96. The van der Waals surface area contributed by atoms with Crippen LogP contribution in [0.5, 0.6) is 0 Å². The molecule has 0 atom stereocenters. The topological polar surface area (TPSA) is 29.3 Å². The van der Waals surface area contributed by atoms with Gasteiger partial charge in [0, 0.05) is 22.7 Å². The lowest BCUT2D eigenvalue weighted by atomic mass is 10.1. The summed E-state index contributed by atoms with van der Waals surface area (Å²) in [6.45, 7) is 4.29. The maximum atomic E-state index is 5.67. The fraction of sp³-hybridized carbons (Fsp3) is 0.429. The minimum Gasteiger partial charge on any atom is -0.326 e. The van der Waals surface area contributed by atoms with Gasteiger partial charge < -0.3 is 5.73 Å². The highest BCUT2D eigenvalue weighted by molar-refractivity contribution is 7.19. The largest absolute Gasteiger partial charge is 0.326 e. The van der Waals surface area contributed by atoms with E-state index in [1.165, 1.54) is 46.5 Å². The minimum atomic E-state index is 0.632. The molecule has 0 radical (unpaired) electrons. The van der Waals surface area contributed by atoms with Gasteiger partial charge in [-0.05, 0) is 55.1 Å². The van der Waals surface area contributed by atoms with Gasteiger partial charge in [-0.1, -0.05) is 6.07 Å². The molecule has 2 heterocycles. The third-order valence-corrected chi connectivity index (χ3v) is 4.55. The molecule has 0 bridgehead atoms. The van der Waals surface area contributed by atoms with Crippen LogP contribution in [0.2, 0.25) is 0 Å². The first-order valence-electron chi connectivity index (χ1n) is 6.29. The molecule has 0 unspecified atom stereocenters. The van der Waals surface area contributed by atoms with Crippen molar-refractivity contribution in [3.63, 3.8) is 0 Å². The number of hydrogen-bond donors (Lipinski definition) is 1. The summed E-state index contributed by atoms with van der Waals surface area (Å²) >= 11 is 1.92. The number of nitrogens with two attached hydrogens (primary N) is 1. The van der Waals surface area contributed by atoms with E-state index in [0.717, 1.165) is 6.54 Å². The van der Waals surface area contributed by atoms with Crippen molar-refractivity contribution in [2.75, 3.05) is 13.1 Å². The smallest absolute Gasteiger partial charge is 0.0346 e. The highest BCUT2D eigenvalue weighted by atomic mass is 32.1. The molecule has 3 rings (SSSR count). The maximum absolute atomic E-state index is 5.67. The molecule has 2 N–H and O–H groups in total. The van der Waals surface area contributed by atoms with Crippen molar-refractivity contribution in [3.8, 4) is 0 Å². The number of fused-ring (bicyclic) bond motifs is 1. The molecule has 90 valence electrons. The molecule has 1 aliphatic rings. The zero-order valence-corrected chi connectivity index (χ0v) is 10.8. The molecule has 3 heteroatoms. The third kappa shape index (κ3) is 2.37. The lowest BCUT2D eigenvalue weighted by molar-refractivity contribution is 0.334. The van der Waals surface area contributed by atoms with Gasteiger partial charge in [-0.2, -0.15) is 0 Å². The van der Waals surface area contributed by atoms with E-state index in [-0.39, 0.29) is 0 Å². The van der Waals surface area contributed by atoms with Crippen molar-refractivity contribution >= 4 is 21.4 Å². The Labute approximate surface area is 106 Å². The molecule has 0 spiro atoms. The Hall–Kier alpha value is -0.900. The van der Waals surface area contributed by atoms with Crippen molar-refractivity contribution < 1.29 is 0 Å². The van der Waals surface area contributed by atoms with Gasteiger partial charge in [0.2, 0.25) is 0 Å². The van der Waals surface area contributed by atoms with Gasteiger partial charge in [-0.15, -0.1) is 11.3 Å². The monoisotopic (exact) mass is 246 g/mol. The summed E-state index contributed by atoms with van der Waals surface area (Å²) in [5.74, 6) is 0. The zero-order chi connectivity index (χ0) is 11.7. The van der Waals surface area contributed by atoms with E-state index in [0.29, 0.717) is 6.54 Å². The normalized spacial score (nSPS) is 17.0. The molecule has 2 aromatic rings. The van der Waals surface area contributed by atoms with Crippen LogP contribution >= 0.6 is 11.3 Å². The Morgan fingerprint density at radius 1 is 1.18 bits per heavy atom. The second kappa shape index (κ2) is 4.77. The molecule has 0 saturated carbocycles. The quantitative estimate of drug-likeness (QED) is 0.902. The number of likely N-dealkylation sites (tertiary alicyclic amines) is 1. The lowest BCUT2D eigenvalue weighted by Gasteiger charge is -2.12. The van der Waals surface area contributed by atoms with Crippen LogP contribution in [0, 0.1) is 0 Å². The Kier molecular flexibility index (Phi) is 3.14. The Morgan fingerprint density at radius 3 is 2.76 bits per heavy atom. The van der Waals surface area contributed by atoms with E-state index >= 15 is 0 Å². The van der Waals surface area contributed by atoms with Crippen LogP contribution in [-0.4, -0.2) is 18.0 Å². The average molecular weight is 246 g/mol. The van der Waals surface area contributed by atoms with Crippen molar-refractivity contribution in [3.05, 3.63) is 34.7 Å². The van der Waals surface area contributed by atoms with E-state index in [4.69, 9.17) is 5.73 Å². The zero-order valence-electron chi connectivity index (χ0n) is 9.98. The van der Waals surface area contributed by atoms with Gasteiger partial charge in [0.15, 0.2) is 0 Å². The van der Waals surface area contributed by atoms with E-state index in [9.17, 15) is 0 Å². The summed E-state index contributed by atoms with van der Waals surface area (Å²) in [6.07, 6.45) is 2.73. The summed E-state index contributed by atoms with van der Waals surface area (Å²) < 4.78 is 1.39. The van der Waals surface area contributed by atoms with Crippen molar-refractivity contribution in [1.82, 2.24) is 4.90 Å². The van der Waals surface area contributed by atoms with Crippen LogP contribution < -0.4 is 5.73 Å². The number of rotatable bonds is 3. The molecule has 0 amide bonds. The number of hydrogen-bond acceptors (Lipinski definition) is 3. The average Bonchev–Trinajstić information content (AvgIpc) is 2.96. The number of benzene rings is 1. The van der Waals surface area contributed by atoms with Crippen molar-refractivity contribution in [2.24, 2.45) is 5.73 Å². The van der Waals surface area contributed by atoms with Gasteiger partial charge in [0.05, 0.1) is 0 Å². The van der Waals surface area contributed by atoms with E-state index < -0.39 is 0 Å². The maximum Gasteiger partial charge on any atom is 0.0346 e. The molecule has 0 aliphatic carbocycles. The molecule has 17 heavy (non-hydrogen) atoms. The summed E-state index contributed by atoms with van der Waals surface area (Å²) in [5.41, 5.74) is 6.90. The summed E-state index contributed by atoms with van der Waals surface area (Å²) in [5, 5.41) is 1.35. The Morgan fingerprint density at radius 2 is 2.00 bits per heavy atom. The van der Waals surface area contributed by atoms with Crippen LogP contribution in [0.15, 0.2) is 24.3 Å². The van der Waals surface area contributed by atoms with Crippen LogP contribution in [0.4, 0.5) is 0 Å². The molecular formula is C14H18N2S. The summed E-state index contributed by atoms with van der Waals surface area (Å²) in [7, 11) is 0. The second-order valence-electron chi connectivity index (χ2n) is 4.77. The van der Waals surface area contributed by atoms with E-state index in [1.54, 1.807) is 0 Å². The lowest BCUT2D eigenvalue weighted by Crippen LogP contribution is -2.17. The van der Waals surface area contributed by atoms with Crippen molar-refractivity contribution in [1.29, 1.82) is 0 Å². The molecular weight excluding hydrogens is 228 g/mol. The van der Waals surface area contributed by atoms with Crippen molar-refractivity contribution in [2.45, 2.75) is 25.9 Å². The van der Waals surface area contributed by atoms with Crippen LogP contribution in [0.25, 0.3) is 10.1 Å². The fourth-order valence-electron chi connectivity index (χ4n) is 2.51. The molecule has 2 nitrogen and oxygen atoms in total. The highest BCUT2D eigenvalue weighted by Gasteiger charge is 2.13. The summed E-state index contributed by atoms with van der Waals surface area (Å²) in [4.78, 5) is 4.03. The first-order chi connectivity index (χ1) is 8.35. The van der Waals surface area contributed by atoms with E-state index in [2.05, 4.69) is 29.2 Å². The minimum absolute atomic E-state index is 0.632.